The SMILES string of the molecule is CC(N(C)CCN1CCC(N)CC1)C(C)(C)C. The third-order valence-electron chi connectivity index (χ3n) is 4.32. The zero-order chi connectivity index (χ0) is 13.1. The van der Waals surface area contributed by atoms with Crippen LogP contribution in [0.5, 0.6) is 0 Å². The Morgan fingerprint density at radius 1 is 1.29 bits per heavy atom. The van der Waals surface area contributed by atoms with Crippen LogP contribution in [0.3, 0.4) is 0 Å². The lowest BCUT2D eigenvalue weighted by Gasteiger charge is -2.37. The first-order valence-corrected chi connectivity index (χ1v) is 6.99. The lowest BCUT2D eigenvalue weighted by atomic mass is 9.87. The van der Waals surface area contributed by atoms with Crippen molar-refractivity contribution in [1.82, 2.24) is 9.80 Å². The summed E-state index contributed by atoms with van der Waals surface area (Å²) in [6.45, 7) is 14.0. The van der Waals surface area contributed by atoms with Crippen LogP contribution in [0.2, 0.25) is 0 Å². The number of likely N-dealkylation sites (tertiary alicyclic amines) is 1. The molecule has 3 heteroatoms. The smallest absolute Gasteiger partial charge is 0.0113 e. The van der Waals surface area contributed by atoms with Crippen LogP contribution in [0.1, 0.15) is 40.5 Å². The summed E-state index contributed by atoms with van der Waals surface area (Å²) in [4.78, 5) is 5.03. The molecule has 0 aliphatic carbocycles. The molecule has 0 aromatic heterocycles. The second-order valence-electron chi connectivity index (χ2n) is 6.70. The summed E-state index contributed by atoms with van der Waals surface area (Å²) in [7, 11) is 2.24. The van der Waals surface area contributed by atoms with Crippen molar-refractivity contribution in [2.45, 2.75) is 52.6 Å². The number of hydrogen-bond donors (Lipinski definition) is 1. The number of piperidine rings is 1. The summed E-state index contributed by atoms with van der Waals surface area (Å²) in [5, 5.41) is 0. The van der Waals surface area contributed by atoms with Crippen LogP contribution in [-0.4, -0.2) is 55.1 Å². The van der Waals surface area contributed by atoms with Crippen LogP contribution >= 0.6 is 0 Å². The molecule has 1 aliphatic heterocycles. The monoisotopic (exact) mass is 241 g/mol. The first kappa shape index (κ1) is 14.9. The van der Waals surface area contributed by atoms with Crippen molar-refractivity contribution in [1.29, 1.82) is 0 Å². The number of likely N-dealkylation sites (N-methyl/N-ethyl adjacent to an activating group) is 1. The third-order valence-corrected chi connectivity index (χ3v) is 4.32. The molecule has 3 nitrogen and oxygen atoms in total. The molecule has 0 aromatic carbocycles. The van der Waals surface area contributed by atoms with Crippen molar-refractivity contribution in [3.63, 3.8) is 0 Å². The Kier molecular flexibility index (Phi) is 5.42. The Morgan fingerprint density at radius 2 is 1.82 bits per heavy atom. The molecule has 1 atom stereocenters. The molecule has 0 amide bonds. The second kappa shape index (κ2) is 6.17. The molecule has 102 valence electrons. The summed E-state index contributed by atoms with van der Waals surface area (Å²) in [5.74, 6) is 0. The van der Waals surface area contributed by atoms with Gasteiger partial charge in [0.15, 0.2) is 0 Å². The molecule has 1 aliphatic rings. The van der Waals surface area contributed by atoms with E-state index in [4.69, 9.17) is 5.73 Å². The molecule has 0 saturated carbocycles. The highest BCUT2D eigenvalue weighted by molar-refractivity contribution is 4.79. The Balaban J connectivity index is 2.26. The van der Waals surface area contributed by atoms with Crippen LogP contribution in [0.15, 0.2) is 0 Å². The summed E-state index contributed by atoms with van der Waals surface area (Å²) in [6.07, 6.45) is 2.33. The molecule has 1 saturated heterocycles. The normalized spacial score (nSPS) is 22.1. The van der Waals surface area contributed by atoms with Gasteiger partial charge in [-0.3, -0.25) is 0 Å². The van der Waals surface area contributed by atoms with E-state index in [0.717, 1.165) is 6.54 Å². The largest absolute Gasteiger partial charge is 0.328 e. The van der Waals surface area contributed by atoms with E-state index in [9.17, 15) is 0 Å². The lowest BCUT2D eigenvalue weighted by Crippen LogP contribution is -2.46. The molecular formula is C14H31N3. The van der Waals surface area contributed by atoms with Gasteiger partial charge < -0.3 is 15.5 Å². The van der Waals surface area contributed by atoms with Crippen molar-refractivity contribution >= 4 is 0 Å². The number of nitrogens with zero attached hydrogens (tertiary/aromatic N) is 2. The van der Waals surface area contributed by atoms with Gasteiger partial charge in [-0.05, 0) is 45.3 Å². The number of hydrogen-bond acceptors (Lipinski definition) is 3. The second-order valence-corrected chi connectivity index (χ2v) is 6.70. The van der Waals surface area contributed by atoms with Crippen LogP contribution in [0, 0.1) is 5.41 Å². The summed E-state index contributed by atoms with van der Waals surface area (Å²) < 4.78 is 0. The van der Waals surface area contributed by atoms with Crippen molar-refractivity contribution in [3.05, 3.63) is 0 Å². The minimum atomic E-state index is 0.360. The lowest BCUT2D eigenvalue weighted by molar-refractivity contribution is 0.115. The van der Waals surface area contributed by atoms with Gasteiger partial charge in [0.25, 0.3) is 0 Å². The van der Waals surface area contributed by atoms with E-state index in [1.165, 1.54) is 32.5 Å². The van der Waals surface area contributed by atoms with E-state index >= 15 is 0 Å². The maximum atomic E-state index is 5.92. The number of rotatable bonds is 4. The predicted octanol–water partition coefficient (Wildman–Crippen LogP) is 1.78. The Morgan fingerprint density at radius 3 is 2.29 bits per heavy atom. The first-order valence-electron chi connectivity index (χ1n) is 6.99. The Labute approximate surface area is 107 Å². The van der Waals surface area contributed by atoms with Crippen LogP contribution in [0.25, 0.3) is 0 Å². The van der Waals surface area contributed by atoms with E-state index < -0.39 is 0 Å². The van der Waals surface area contributed by atoms with Crippen molar-refractivity contribution in [3.8, 4) is 0 Å². The summed E-state index contributed by atoms with van der Waals surface area (Å²) >= 11 is 0. The molecule has 0 bridgehead atoms. The van der Waals surface area contributed by atoms with Crippen molar-refractivity contribution < 1.29 is 0 Å². The van der Waals surface area contributed by atoms with Gasteiger partial charge in [0.05, 0.1) is 0 Å². The minimum Gasteiger partial charge on any atom is -0.328 e. The zero-order valence-corrected chi connectivity index (χ0v) is 12.4. The van der Waals surface area contributed by atoms with Crippen LogP contribution in [0.4, 0.5) is 0 Å². The summed E-state index contributed by atoms with van der Waals surface area (Å²) in [5.41, 5.74) is 6.28. The highest BCUT2D eigenvalue weighted by Crippen LogP contribution is 2.22. The van der Waals surface area contributed by atoms with Gasteiger partial charge in [-0.1, -0.05) is 20.8 Å². The minimum absolute atomic E-state index is 0.360. The van der Waals surface area contributed by atoms with Crippen LogP contribution < -0.4 is 5.73 Å². The maximum Gasteiger partial charge on any atom is 0.0113 e. The van der Waals surface area contributed by atoms with E-state index in [1.807, 2.05) is 0 Å². The predicted molar refractivity (Wildman–Crippen MR) is 75.2 cm³/mol. The fourth-order valence-corrected chi connectivity index (χ4v) is 2.33. The zero-order valence-electron chi connectivity index (χ0n) is 12.4. The summed E-state index contributed by atoms with van der Waals surface area (Å²) in [6, 6.07) is 1.06. The maximum absolute atomic E-state index is 5.92. The highest BCUT2D eigenvalue weighted by atomic mass is 15.2. The molecule has 1 rings (SSSR count). The van der Waals surface area contributed by atoms with Gasteiger partial charge in [-0.2, -0.15) is 0 Å². The first-order chi connectivity index (χ1) is 7.80. The molecule has 0 aromatic rings. The van der Waals surface area contributed by atoms with Crippen LogP contribution in [-0.2, 0) is 0 Å². The molecule has 0 radical (unpaired) electrons. The van der Waals surface area contributed by atoms with Gasteiger partial charge >= 0.3 is 0 Å². The van der Waals surface area contributed by atoms with E-state index in [2.05, 4.69) is 44.5 Å². The van der Waals surface area contributed by atoms with Gasteiger partial charge in [0.1, 0.15) is 0 Å². The van der Waals surface area contributed by atoms with Crippen molar-refractivity contribution in [2.24, 2.45) is 11.1 Å². The van der Waals surface area contributed by atoms with Crippen molar-refractivity contribution in [2.75, 3.05) is 33.2 Å². The van der Waals surface area contributed by atoms with E-state index in [1.54, 1.807) is 0 Å². The van der Waals surface area contributed by atoms with Gasteiger partial charge in [-0.15, -0.1) is 0 Å². The van der Waals surface area contributed by atoms with Gasteiger partial charge in [0.2, 0.25) is 0 Å². The van der Waals surface area contributed by atoms with E-state index in [0.29, 0.717) is 17.5 Å². The standard InChI is InChI=1S/C14H31N3/c1-12(14(2,3)4)16(5)10-11-17-8-6-13(15)7-9-17/h12-13H,6-11,15H2,1-5H3. The number of nitrogens with two attached hydrogens (primary N) is 1. The molecule has 17 heavy (non-hydrogen) atoms. The fourth-order valence-electron chi connectivity index (χ4n) is 2.33. The Bertz CT molecular complexity index is 214. The highest BCUT2D eigenvalue weighted by Gasteiger charge is 2.24. The third kappa shape index (κ3) is 4.94. The van der Waals surface area contributed by atoms with E-state index in [-0.39, 0.29) is 0 Å². The topological polar surface area (TPSA) is 32.5 Å². The molecule has 2 N–H and O–H groups in total. The quantitative estimate of drug-likeness (QED) is 0.814. The van der Waals surface area contributed by atoms with Gasteiger partial charge in [-0.25, -0.2) is 0 Å². The average Bonchev–Trinajstić information content (AvgIpc) is 2.25. The molecule has 0 spiro atoms. The molecular weight excluding hydrogens is 210 g/mol. The molecule has 1 unspecified atom stereocenters. The molecule has 1 heterocycles. The van der Waals surface area contributed by atoms with Gasteiger partial charge in [0, 0.05) is 25.2 Å². The fraction of sp³-hybridized carbons (Fsp3) is 1.00. The average molecular weight is 241 g/mol. The Hall–Kier alpha value is -0.120. The molecule has 1 fully saturated rings.